The monoisotopic (exact) mass is 308 g/mol. The molecule has 1 aromatic rings. The molecule has 1 N–H and O–H groups in total. The number of hydrogen-bond acceptors (Lipinski definition) is 4. The molecule has 22 heavy (non-hydrogen) atoms. The Labute approximate surface area is 133 Å². The zero-order valence-electron chi connectivity index (χ0n) is 14.1. The third-order valence-corrected chi connectivity index (χ3v) is 3.34. The van der Waals surface area contributed by atoms with Gasteiger partial charge in [-0.3, -0.25) is 9.69 Å². The van der Waals surface area contributed by atoms with Crippen molar-refractivity contribution in [3.05, 3.63) is 29.3 Å². The lowest BCUT2D eigenvalue weighted by atomic mass is 10.1. The molecule has 0 atom stereocenters. The van der Waals surface area contributed by atoms with Gasteiger partial charge in [0, 0.05) is 26.8 Å². The van der Waals surface area contributed by atoms with Crippen LogP contribution in [0.25, 0.3) is 0 Å². The van der Waals surface area contributed by atoms with Crippen molar-refractivity contribution in [1.82, 2.24) is 10.2 Å². The lowest BCUT2D eigenvalue weighted by molar-refractivity contribution is -0.122. The van der Waals surface area contributed by atoms with Crippen LogP contribution in [-0.2, 0) is 9.53 Å². The van der Waals surface area contributed by atoms with Crippen molar-refractivity contribution in [3.8, 4) is 5.75 Å². The molecule has 0 aliphatic carbocycles. The van der Waals surface area contributed by atoms with Crippen molar-refractivity contribution in [1.29, 1.82) is 0 Å². The second-order valence-electron chi connectivity index (χ2n) is 5.55. The number of rotatable bonds is 10. The van der Waals surface area contributed by atoms with Gasteiger partial charge in [0.25, 0.3) is 0 Å². The van der Waals surface area contributed by atoms with E-state index in [2.05, 4.69) is 17.4 Å². The fourth-order valence-corrected chi connectivity index (χ4v) is 2.00. The zero-order valence-corrected chi connectivity index (χ0v) is 14.1. The van der Waals surface area contributed by atoms with Crippen LogP contribution in [0, 0.1) is 13.8 Å². The maximum atomic E-state index is 11.7. The summed E-state index contributed by atoms with van der Waals surface area (Å²) < 4.78 is 10.7. The molecular formula is C17H28N2O3. The Balaban J connectivity index is 2.21. The molecule has 0 fully saturated rings. The summed E-state index contributed by atoms with van der Waals surface area (Å²) in [5, 5.41) is 2.87. The summed E-state index contributed by atoms with van der Waals surface area (Å²) in [6.07, 6.45) is 0.835. The van der Waals surface area contributed by atoms with Gasteiger partial charge in [0.05, 0.1) is 6.54 Å². The standard InChI is InChI=1S/C17H28N2O3/c1-14-6-7-15(2)16(12-14)22-11-9-19(3)13-17(20)18-8-5-10-21-4/h6-7,12H,5,8-11,13H2,1-4H3,(H,18,20). The summed E-state index contributed by atoms with van der Waals surface area (Å²) >= 11 is 0. The Morgan fingerprint density at radius 3 is 2.77 bits per heavy atom. The third kappa shape index (κ3) is 7.43. The molecule has 0 aliphatic rings. The Bertz CT molecular complexity index is 463. The SMILES string of the molecule is COCCCNC(=O)CN(C)CCOc1cc(C)ccc1C. The van der Waals surface area contributed by atoms with E-state index in [4.69, 9.17) is 9.47 Å². The van der Waals surface area contributed by atoms with Crippen LogP contribution in [0.4, 0.5) is 0 Å². The lowest BCUT2D eigenvalue weighted by Crippen LogP contribution is -2.37. The summed E-state index contributed by atoms with van der Waals surface area (Å²) in [5.41, 5.74) is 2.31. The van der Waals surface area contributed by atoms with Crippen molar-refractivity contribution >= 4 is 5.91 Å². The minimum Gasteiger partial charge on any atom is -0.492 e. The quantitative estimate of drug-likeness (QED) is 0.669. The molecule has 1 aromatic carbocycles. The van der Waals surface area contributed by atoms with Crippen LogP contribution in [0.3, 0.4) is 0 Å². The van der Waals surface area contributed by atoms with E-state index in [1.807, 2.05) is 31.9 Å². The Morgan fingerprint density at radius 2 is 2.05 bits per heavy atom. The average molecular weight is 308 g/mol. The first-order valence-electron chi connectivity index (χ1n) is 7.67. The number of methoxy groups -OCH3 is 1. The molecule has 5 heteroatoms. The first-order valence-corrected chi connectivity index (χ1v) is 7.67. The van der Waals surface area contributed by atoms with Gasteiger partial charge in [0.2, 0.25) is 5.91 Å². The van der Waals surface area contributed by atoms with E-state index in [1.165, 1.54) is 5.56 Å². The summed E-state index contributed by atoms with van der Waals surface area (Å²) in [7, 11) is 3.58. The molecule has 5 nitrogen and oxygen atoms in total. The summed E-state index contributed by atoms with van der Waals surface area (Å²) in [6, 6.07) is 6.17. The molecule has 0 saturated heterocycles. The zero-order chi connectivity index (χ0) is 16.4. The Hall–Kier alpha value is -1.59. The fourth-order valence-electron chi connectivity index (χ4n) is 2.00. The molecule has 0 radical (unpaired) electrons. The number of likely N-dealkylation sites (N-methyl/N-ethyl adjacent to an activating group) is 1. The van der Waals surface area contributed by atoms with Gasteiger partial charge in [-0.05, 0) is 44.5 Å². The number of hydrogen-bond donors (Lipinski definition) is 1. The van der Waals surface area contributed by atoms with Crippen molar-refractivity contribution in [2.45, 2.75) is 20.3 Å². The highest BCUT2D eigenvalue weighted by molar-refractivity contribution is 5.77. The Kier molecular flexibility index (Phi) is 8.55. The number of ether oxygens (including phenoxy) is 2. The van der Waals surface area contributed by atoms with Crippen molar-refractivity contribution in [3.63, 3.8) is 0 Å². The molecule has 1 amide bonds. The third-order valence-electron chi connectivity index (χ3n) is 3.34. The van der Waals surface area contributed by atoms with Gasteiger partial charge in [-0.2, -0.15) is 0 Å². The first kappa shape index (κ1) is 18.5. The maximum Gasteiger partial charge on any atom is 0.234 e. The van der Waals surface area contributed by atoms with Crippen LogP contribution in [0.2, 0.25) is 0 Å². The van der Waals surface area contributed by atoms with Crippen LogP contribution in [0.15, 0.2) is 18.2 Å². The van der Waals surface area contributed by atoms with Gasteiger partial charge < -0.3 is 14.8 Å². The highest BCUT2D eigenvalue weighted by Gasteiger charge is 2.06. The van der Waals surface area contributed by atoms with E-state index in [-0.39, 0.29) is 5.91 Å². The molecule has 0 aliphatic heterocycles. The van der Waals surface area contributed by atoms with Crippen LogP contribution >= 0.6 is 0 Å². The highest BCUT2D eigenvalue weighted by Crippen LogP contribution is 2.18. The highest BCUT2D eigenvalue weighted by atomic mass is 16.5. The van der Waals surface area contributed by atoms with E-state index in [1.54, 1.807) is 7.11 Å². The second kappa shape index (κ2) is 10.2. The number of carbonyl (C=O) groups is 1. The van der Waals surface area contributed by atoms with E-state index < -0.39 is 0 Å². The Morgan fingerprint density at radius 1 is 1.27 bits per heavy atom. The van der Waals surface area contributed by atoms with Crippen LogP contribution in [0.1, 0.15) is 17.5 Å². The molecule has 0 saturated carbocycles. The number of carbonyl (C=O) groups excluding carboxylic acids is 1. The van der Waals surface area contributed by atoms with Crippen molar-refractivity contribution < 1.29 is 14.3 Å². The molecular weight excluding hydrogens is 280 g/mol. The van der Waals surface area contributed by atoms with Gasteiger partial charge in [-0.1, -0.05) is 12.1 Å². The smallest absolute Gasteiger partial charge is 0.234 e. The molecule has 0 unspecified atom stereocenters. The number of amides is 1. The molecule has 0 heterocycles. The van der Waals surface area contributed by atoms with Crippen molar-refractivity contribution in [2.75, 3.05) is 47.0 Å². The number of nitrogens with one attached hydrogen (secondary N) is 1. The van der Waals surface area contributed by atoms with Gasteiger partial charge in [-0.25, -0.2) is 0 Å². The van der Waals surface area contributed by atoms with E-state index in [0.717, 1.165) is 17.7 Å². The number of nitrogens with zero attached hydrogens (tertiary/aromatic N) is 1. The number of aryl methyl sites for hydroxylation is 2. The molecule has 1 rings (SSSR count). The normalized spacial score (nSPS) is 10.8. The summed E-state index contributed by atoms with van der Waals surface area (Å²) in [4.78, 5) is 13.7. The van der Waals surface area contributed by atoms with Gasteiger partial charge in [-0.15, -0.1) is 0 Å². The van der Waals surface area contributed by atoms with Gasteiger partial charge in [0.15, 0.2) is 0 Å². The fraction of sp³-hybridized carbons (Fsp3) is 0.588. The maximum absolute atomic E-state index is 11.7. The predicted molar refractivity (Wildman–Crippen MR) is 88.4 cm³/mol. The predicted octanol–water partition coefficient (Wildman–Crippen LogP) is 1.77. The minimum atomic E-state index is 0.0327. The lowest BCUT2D eigenvalue weighted by Gasteiger charge is -2.17. The van der Waals surface area contributed by atoms with Gasteiger partial charge >= 0.3 is 0 Å². The van der Waals surface area contributed by atoms with Crippen LogP contribution in [0.5, 0.6) is 5.75 Å². The molecule has 0 spiro atoms. The molecule has 0 aromatic heterocycles. The number of benzene rings is 1. The largest absolute Gasteiger partial charge is 0.492 e. The van der Waals surface area contributed by atoms with Gasteiger partial charge in [0.1, 0.15) is 12.4 Å². The van der Waals surface area contributed by atoms with E-state index in [0.29, 0.717) is 32.8 Å². The molecule has 124 valence electrons. The van der Waals surface area contributed by atoms with Crippen LogP contribution < -0.4 is 10.1 Å². The summed E-state index contributed by atoms with van der Waals surface area (Å²) in [6.45, 7) is 7.05. The van der Waals surface area contributed by atoms with Crippen molar-refractivity contribution in [2.24, 2.45) is 0 Å². The molecule has 0 bridgehead atoms. The summed E-state index contributed by atoms with van der Waals surface area (Å²) in [5.74, 6) is 0.947. The second-order valence-corrected chi connectivity index (χ2v) is 5.55. The first-order chi connectivity index (χ1) is 10.5. The van der Waals surface area contributed by atoms with Crippen LogP contribution in [-0.4, -0.2) is 57.8 Å². The van der Waals surface area contributed by atoms with E-state index in [9.17, 15) is 4.79 Å². The topological polar surface area (TPSA) is 50.8 Å². The van der Waals surface area contributed by atoms with E-state index >= 15 is 0 Å². The average Bonchev–Trinajstić information content (AvgIpc) is 2.47. The minimum absolute atomic E-state index is 0.0327.